The van der Waals surface area contributed by atoms with E-state index in [9.17, 15) is 0 Å². The van der Waals surface area contributed by atoms with Crippen molar-refractivity contribution in [2.75, 3.05) is 24.6 Å². The van der Waals surface area contributed by atoms with E-state index < -0.39 is 0 Å². The average molecular weight is 215 g/mol. The number of unbranched alkanes of at least 4 members (excludes halogenated alkanes) is 1. The summed E-state index contributed by atoms with van der Waals surface area (Å²) in [6, 6.07) is 0.843. The highest BCUT2D eigenvalue weighted by molar-refractivity contribution is 7.99. The lowest BCUT2D eigenvalue weighted by Crippen LogP contribution is -2.38. The maximum Gasteiger partial charge on any atom is 0.00752 e. The lowest BCUT2D eigenvalue weighted by Gasteiger charge is -2.33. The van der Waals surface area contributed by atoms with Crippen LogP contribution in [0.25, 0.3) is 0 Å². The van der Waals surface area contributed by atoms with Gasteiger partial charge in [-0.3, -0.25) is 4.90 Å². The van der Waals surface area contributed by atoms with E-state index in [1.54, 1.807) is 0 Å². The second kappa shape index (κ2) is 7.58. The van der Waals surface area contributed by atoms with Gasteiger partial charge in [0, 0.05) is 18.3 Å². The Balaban J connectivity index is 1.99. The Bertz CT molecular complexity index is 138. The standard InChI is InChI=1S/C12H25NS/c1-3-4-10-14-11-9-13-8-6-5-7-12(13)2/h12H,3-11H2,1-2H3. The molecule has 1 heterocycles. The molecule has 1 aliphatic heterocycles. The molecule has 2 heteroatoms. The predicted molar refractivity (Wildman–Crippen MR) is 67.1 cm³/mol. The van der Waals surface area contributed by atoms with Crippen LogP contribution in [-0.4, -0.2) is 35.5 Å². The van der Waals surface area contributed by atoms with Crippen molar-refractivity contribution >= 4 is 11.8 Å². The summed E-state index contributed by atoms with van der Waals surface area (Å²) >= 11 is 2.13. The molecule has 0 amide bonds. The summed E-state index contributed by atoms with van der Waals surface area (Å²) in [6.07, 6.45) is 7.01. The molecule has 1 aliphatic rings. The Morgan fingerprint density at radius 2 is 2.14 bits per heavy atom. The normalized spacial score (nSPS) is 24.0. The van der Waals surface area contributed by atoms with Gasteiger partial charge >= 0.3 is 0 Å². The molecule has 1 unspecified atom stereocenters. The third kappa shape index (κ3) is 4.70. The van der Waals surface area contributed by atoms with Crippen LogP contribution in [0.2, 0.25) is 0 Å². The summed E-state index contributed by atoms with van der Waals surface area (Å²) in [6.45, 7) is 7.31. The highest BCUT2D eigenvalue weighted by Crippen LogP contribution is 2.16. The Kier molecular flexibility index (Phi) is 6.70. The summed E-state index contributed by atoms with van der Waals surface area (Å²) in [5.74, 6) is 2.70. The van der Waals surface area contributed by atoms with Crippen LogP contribution in [0.5, 0.6) is 0 Å². The van der Waals surface area contributed by atoms with E-state index in [1.807, 2.05) is 0 Å². The molecule has 0 radical (unpaired) electrons. The highest BCUT2D eigenvalue weighted by Gasteiger charge is 2.16. The molecule has 84 valence electrons. The molecule has 1 fully saturated rings. The molecule has 0 N–H and O–H groups in total. The van der Waals surface area contributed by atoms with Gasteiger partial charge in [0.05, 0.1) is 0 Å². The first-order chi connectivity index (χ1) is 6.84. The molecule has 0 aliphatic carbocycles. The number of piperidine rings is 1. The van der Waals surface area contributed by atoms with Crippen LogP contribution >= 0.6 is 11.8 Å². The van der Waals surface area contributed by atoms with Crippen LogP contribution in [0.4, 0.5) is 0 Å². The third-order valence-corrected chi connectivity index (χ3v) is 4.15. The SMILES string of the molecule is CCCCSCCN1CCCCC1C. The van der Waals surface area contributed by atoms with Crippen molar-refractivity contribution in [1.82, 2.24) is 4.90 Å². The minimum Gasteiger partial charge on any atom is -0.300 e. The molecule has 0 spiro atoms. The quantitative estimate of drug-likeness (QED) is 0.625. The van der Waals surface area contributed by atoms with Gasteiger partial charge in [-0.15, -0.1) is 0 Å². The van der Waals surface area contributed by atoms with Gasteiger partial charge in [0.1, 0.15) is 0 Å². The van der Waals surface area contributed by atoms with Crippen LogP contribution in [-0.2, 0) is 0 Å². The van der Waals surface area contributed by atoms with Crippen molar-refractivity contribution in [3.8, 4) is 0 Å². The highest BCUT2D eigenvalue weighted by atomic mass is 32.2. The second-order valence-electron chi connectivity index (χ2n) is 4.35. The van der Waals surface area contributed by atoms with Crippen molar-refractivity contribution in [2.24, 2.45) is 0 Å². The minimum atomic E-state index is 0.843. The molecule has 0 saturated carbocycles. The summed E-state index contributed by atoms with van der Waals surface area (Å²) in [7, 11) is 0. The van der Waals surface area contributed by atoms with Crippen LogP contribution in [0.1, 0.15) is 46.0 Å². The van der Waals surface area contributed by atoms with Crippen molar-refractivity contribution in [2.45, 2.75) is 52.0 Å². The summed E-state index contributed by atoms with van der Waals surface area (Å²) < 4.78 is 0. The van der Waals surface area contributed by atoms with Gasteiger partial charge in [0.15, 0.2) is 0 Å². The van der Waals surface area contributed by atoms with Crippen LogP contribution in [0.15, 0.2) is 0 Å². The third-order valence-electron chi connectivity index (χ3n) is 3.11. The van der Waals surface area contributed by atoms with E-state index in [-0.39, 0.29) is 0 Å². The molecule has 0 aromatic rings. The van der Waals surface area contributed by atoms with Gasteiger partial charge in [-0.05, 0) is 38.5 Å². The van der Waals surface area contributed by atoms with Gasteiger partial charge in [-0.2, -0.15) is 11.8 Å². The zero-order valence-electron chi connectivity index (χ0n) is 9.80. The zero-order chi connectivity index (χ0) is 10.2. The van der Waals surface area contributed by atoms with Crippen LogP contribution in [0.3, 0.4) is 0 Å². The Morgan fingerprint density at radius 3 is 2.86 bits per heavy atom. The molecule has 0 aromatic heterocycles. The first kappa shape index (κ1) is 12.4. The second-order valence-corrected chi connectivity index (χ2v) is 5.57. The maximum absolute atomic E-state index is 2.67. The number of thioether (sulfide) groups is 1. The first-order valence-electron chi connectivity index (χ1n) is 6.16. The number of rotatable bonds is 6. The number of nitrogens with zero attached hydrogens (tertiary/aromatic N) is 1. The van der Waals surface area contributed by atoms with Gasteiger partial charge in [-0.1, -0.05) is 19.8 Å². The van der Waals surface area contributed by atoms with Gasteiger partial charge < -0.3 is 0 Å². The minimum absolute atomic E-state index is 0.843. The van der Waals surface area contributed by atoms with Gasteiger partial charge in [-0.25, -0.2) is 0 Å². The molecule has 0 bridgehead atoms. The fourth-order valence-electron chi connectivity index (χ4n) is 2.02. The summed E-state index contributed by atoms with van der Waals surface area (Å²) in [5.41, 5.74) is 0. The van der Waals surface area contributed by atoms with Crippen LogP contribution in [0, 0.1) is 0 Å². The van der Waals surface area contributed by atoms with Crippen LogP contribution < -0.4 is 0 Å². The van der Waals surface area contributed by atoms with E-state index in [0.29, 0.717) is 0 Å². The molecule has 1 nitrogen and oxygen atoms in total. The van der Waals surface area contributed by atoms with E-state index in [2.05, 4.69) is 30.5 Å². The smallest absolute Gasteiger partial charge is 0.00752 e. The van der Waals surface area contributed by atoms with Crippen molar-refractivity contribution < 1.29 is 0 Å². The van der Waals surface area contributed by atoms with Gasteiger partial charge in [0.2, 0.25) is 0 Å². The van der Waals surface area contributed by atoms with E-state index >= 15 is 0 Å². The van der Waals surface area contributed by atoms with Crippen molar-refractivity contribution in [3.63, 3.8) is 0 Å². The fourth-order valence-corrected chi connectivity index (χ4v) is 3.08. The Labute approximate surface area is 93.6 Å². The first-order valence-corrected chi connectivity index (χ1v) is 7.32. The molecule has 14 heavy (non-hydrogen) atoms. The molecule has 0 aromatic carbocycles. The molecular weight excluding hydrogens is 190 g/mol. The lowest BCUT2D eigenvalue weighted by atomic mass is 10.0. The summed E-state index contributed by atoms with van der Waals surface area (Å²) in [5, 5.41) is 0. The average Bonchev–Trinajstić information content (AvgIpc) is 2.20. The van der Waals surface area contributed by atoms with E-state index in [4.69, 9.17) is 0 Å². The summed E-state index contributed by atoms with van der Waals surface area (Å²) in [4.78, 5) is 2.67. The molecule has 1 rings (SSSR count). The molecule has 1 atom stereocenters. The van der Waals surface area contributed by atoms with E-state index in [1.165, 1.54) is 56.7 Å². The number of hydrogen-bond acceptors (Lipinski definition) is 2. The predicted octanol–water partition coefficient (Wildman–Crippen LogP) is 3.39. The topological polar surface area (TPSA) is 3.24 Å². The Hall–Kier alpha value is 0.310. The number of hydrogen-bond donors (Lipinski definition) is 0. The molecular formula is C12H25NS. The number of likely N-dealkylation sites (tertiary alicyclic amines) is 1. The molecule has 1 saturated heterocycles. The zero-order valence-corrected chi connectivity index (χ0v) is 10.6. The van der Waals surface area contributed by atoms with Crippen molar-refractivity contribution in [3.05, 3.63) is 0 Å². The van der Waals surface area contributed by atoms with Gasteiger partial charge in [0.25, 0.3) is 0 Å². The largest absolute Gasteiger partial charge is 0.300 e. The Morgan fingerprint density at radius 1 is 1.29 bits per heavy atom. The van der Waals surface area contributed by atoms with Crippen molar-refractivity contribution in [1.29, 1.82) is 0 Å². The fraction of sp³-hybridized carbons (Fsp3) is 1.00. The monoisotopic (exact) mass is 215 g/mol. The maximum atomic E-state index is 2.67. The lowest BCUT2D eigenvalue weighted by molar-refractivity contribution is 0.171. The van der Waals surface area contributed by atoms with E-state index in [0.717, 1.165) is 6.04 Å².